The summed E-state index contributed by atoms with van der Waals surface area (Å²) in [7, 11) is 5.86. The summed E-state index contributed by atoms with van der Waals surface area (Å²) >= 11 is 0. The maximum atomic E-state index is 12.5. The van der Waals surface area contributed by atoms with E-state index in [0.29, 0.717) is 36.6 Å². The monoisotopic (exact) mass is 427 g/mol. The van der Waals surface area contributed by atoms with Crippen LogP contribution in [0.3, 0.4) is 0 Å². The molecule has 31 heavy (non-hydrogen) atoms. The Hall–Kier alpha value is -2.78. The molecule has 2 aromatic rings. The van der Waals surface area contributed by atoms with E-state index < -0.39 is 11.6 Å². The van der Waals surface area contributed by atoms with Gasteiger partial charge in [0.2, 0.25) is 0 Å². The maximum Gasteiger partial charge on any atom is 0.410 e. The van der Waals surface area contributed by atoms with Gasteiger partial charge < -0.3 is 19.7 Å². The van der Waals surface area contributed by atoms with Gasteiger partial charge in [-0.25, -0.2) is 14.6 Å². The number of hydrogen-bond donors (Lipinski definition) is 1. The lowest BCUT2D eigenvalue weighted by Gasteiger charge is -2.44. The third-order valence-corrected chi connectivity index (χ3v) is 5.19. The zero-order valence-corrected chi connectivity index (χ0v) is 19.1. The summed E-state index contributed by atoms with van der Waals surface area (Å²) in [6.07, 6.45) is 1.81. The van der Waals surface area contributed by atoms with Gasteiger partial charge in [-0.05, 0) is 40.2 Å². The Labute approximate surface area is 183 Å². The number of piperidine rings is 1. The number of amides is 1. The standard InChI is InChI=1S/C21H30BN5O4/c1-7-30-18(28)13-11-23-16-10-15(22)25-27(16)17(13)24-14-8-9-26(12-21(14,5)6)19(29)31-20(2,3)4/h10-11,14,24H,7-9,12H2,1-6H3/t14-/m1/s1. The van der Waals surface area contributed by atoms with Crippen molar-refractivity contribution in [1.82, 2.24) is 19.5 Å². The summed E-state index contributed by atoms with van der Waals surface area (Å²) in [5.41, 5.74) is 0.249. The smallest absolute Gasteiger partial charge is 0.410 e. The lowest BCUT2D eigenvalue weighted by Crippen LogP contribution is -2.54. The average Bonchev–Trinajstić information content (AvgIpc) is 3.02. The van der Waals surface area contributed by atoms with Gasteiger partial charge in [0.05, 0.1) is 6.61 Å². The predicted octanol–water partition coefficient (Wildman–Crippen LogP) is 2.15. The fraction of sp³-hybridized carbons (Fsp3) is 0.619. The van der Waals surface area contributed by atoms with Gasteiger partial charge in [-0.2, -0.15) is 9.61 Å². The van der Waals surface area contributed by atoms with Crippen molar-refractivity contribution in [3.8, 4) is 0 Å². The Morgan fingerprint density at radius 1 is 1.35 bits per heavy atom. The molecule has 1 N–H and O–H groups in total. The van der Waals surface area contributed by atoms with E-state index in [1.807, 2.05) is 20.8 Å². The van der Waals surface area contributed by atoms with Crippen LogP contribution in [-0.2, 0) is 9.47 Å². The second-order valence-corrected chi connectivity index (χ2v) is 9.46. The van der Waals surface area contributed by atoms with Gasteiger partial charge in [0.15, 0.2) is 5.65 Å². The molecule has 1 aliphatic rings. The maximum absolute atomic E-state index is 12.5. The van der Waals surface area contributed by atoms with E-state index in [2.05, 4.69) is 29.2 Å². The minimum absolute atomic E-state index is 0.0459. The van der Waals surface area contributed by atoms with Crippen molar-refractivity contribution >= 4 is 37.0 Å². The normalized spacial score (nSPS) is 18.6. The Kier molecular flexibility index (Phi) is 6.20. The molecule has 2 radical (unpaired) electrons. The molecule has 1 saturated heterocycles. The van der Waals surface area contributed by atoms with Gasteiger partial charge in [-0.3, -0.25) is 0 Å². The molecule has 10 heteroatoms. The van der Waals surface area contributed by atoms with Crippen LogP contribution < -0.4 is 10.9 Å². The number of rotatable bonds is 4. The fourth-order valence-electron chi connectivity index (χ4n) is 3.72. The number of nitrogens with zero attached hydrogens (tertiary/aromatic N) is 4. The Balaban J connectivity index is 1.87. The molecule has 3 heterocycles. The van der Waals surface area contributed by atoms with Gasteiger partial charge in [0.1, 0.15) is 24.8 Å². The second-order valence-electron chi connectivity index (χ2n) is 9.46. The van der Waals surface area contributed by atoms with Gasteiger partial charge in [-0.15, -0.1) is 0 Å². The number of likely N-dealkylation sites (tertiary alicyclic amines) is 1. The van der Waals surface area contributed by atoms with Crippen molar-refractivity contribution < 1.29 is 19.1 Å². The van der Waals surface area contributed by atoms with Gasteiger partial charge >= 0.3 is 12.1 Å². The summed E-state index contributed by atoms with van der Waals surface area (Å²) in [5.74, 6) is -0.0126. The minimum Gasteiger partial charge on any atom is -0.462 e. The molecule has 2 aromatic heterocycles. The Morgan fingerprint density at radius 2 is 2.06 bits per heavy atom. The minimum atomic E-state index is -0.548. The van der Waals surface area contributed by atoms with Crippen molar-refractivity contribution in [2.24, 2.45) is 5.41 Å². The van der Waals surface area contributed by atoms with E-state index in [1.54, 1.807) is 17.9 Å². The Bertz CT molecular complexity index is 982. The molecule has 0 aliphatic carbocycles. The highest BCUT2D eigenvalue weighted by Gasteiger charge is 2.39. The molecule has 0 unspecified atom stereocenters. The van der Waals surface area contributed by atoms with Crippen LogP contribution in [0, 0.1) is 5.41 Å². The number of carbonyl (C=O) groups is 2. The summed E-state index contributed by atoms with van der Waals surface area (Å²) < 4.78 is 12.3. The van der Waals surface area contributed by atoms with Crippen LogP contribution in [0.1, 0.15) is 58.3 Å². The SMILES string of the molecule is [B]c1cc2ncc(C(=O)OCC)c(N[C@@H]3CCN(C(=O)OC(C)(C)C)CC3(C)C)n2n1. The van der Waals surface area contributed by atoms with Gasteiger partial charge in [0.25, 0.3) is 0 Å². The zero-order valence-electron chi connectivity index (χ0n) is 19.1. The first kappa shape index (κ1) is 22.9. The first-order chi connectivity index (χ1) is 14.4. The largest absolute Gasteiger partial charge is 0.462 e. The molecular weight excluding hydrogens is 397 g/mol. The van der Waals surface area contributed by atoms with E-state index in [4.69, 9.17) is 17.3 Å². The summed E-state index contributed by atoms with van der Waals surface area (Å²) in [4.78, 5) is 31.1. The van der Waals surface area contributed by atoms with Crippen LogP contribution in [0.15, 0.2) is 12.3 Å². The van der Waals surface area contributed by atoms with E-state index in [1.165, 1.54) is 10.7 Å². The number of esters is 1. The van der Waals surface area contributed by atoms with Gasteiger partial charge in [0, 0.05) is 36.3 Å². The number of carbonyl (C=O) groups excluding carboxylic acids is 2. The van der Waals surface area contributed by atoms with Crippen molar-refractivity contribution in [2.45, 2.75) is 59.6 Å². The third kappa shape index (κ3) is 5.11. The van der Waals surface area contributed by atoms with Crippen LogP contribution in [0.25, 0.3) is 5.65 Å². The quantitative estimate of drug-likeness (QED) is 0.590. The molecule has 1 fully saturated rings. The lowest BCUT2D eigenvalue weighted by molar-refractivity contribution is 0.00688. The number of hydrogen-bond acceptors (Lipinski definition) is 7. The summed E-state index contributed by atoms with van der Waals surface area (Å²) in [5, 5.41) is 7.76. The first-order valence-electron chi connectivity index (χ1n) is 10.5. The van der Waals surface area contributed by atoms with Crippen molar-refractivity contribution in [1.29, 1.82) is 0 Å². The van der Waals surface area contributed by atoms with Crippen molar-refractivity contribution in [3.63, 3.8) is 0 Å². The number of aromatic nitrogens is 3. The van der Waals surface area contributed by atoms with Crippen LogP contribution in [-0.4, -0.2) is 70.7 Å². The first-order valence-corrected chi connectivity index (χ1v) is 10.5. The molecule has 166 valence electrons. The summed E-state index contributed by atoms with van der Waals surface area (Å²) in [6.45, 7) is 12.7. The van der Waals surface area contributed by atoms with Crippen LogP contribution in [0.4, 0.5) is 10.6 Å². The molecule has 0 saturated carbocycles. The molecule has 3 rings (SSSR count). The third-order valence-electron chi connectivity index (χ3n) is 5.19. The fourth-order valence-corrected chi connectivity index (χ4v) is 3.72. The van der Waals surface area contributed by atoms with Crippen LogP contribution in [0.5, 0.6) is 0 Å². The highest BCUT2D eigenvalue weighted by atomic mass is 16.6. The lowest BCUT2D eigenvalue weighted by atomic mass is 9.79. The highest BCUT2D eigenvalue weighted by Crippen LogP contribution is 2.33. The topological polar surface area (TPSA) is 98.1 Å². The van der Waals surface area contributed by atoms with E-state index in [-0.39, 0.29) is 29.7 Å². The number of fused-ring (bicyclic) bond motifs is 1. The molecule has 0 bridgehead atoms. The predicted molar refractivity (Wildman–Crippen MR) is 118 cm³/mol. The summed E-state index contributed by atoms with van der Waals surface area (Å²) in [6, 6.07) is 1.59. The van der Waals surface area contributed by atoms with Crippen LogP contribution >= 0.6 is 0 Å². The molecule has 1 amide bonds. The molecule has 9 nitrogen and oxygen atoms in total. The van der Waals surface area contributed by atoms with E-state index in [9.17, 15) is 9.59 Å². The molecule has 1 atom stereocenters. The van der Waals surface area contributed by atoms with Crippen molar-refractivity contribution in [3.05, 3.63) is 17.8 Å². The number of ether oxygens (including phenoxy) is 2. The number of anilines is 1. The average molecular weight is 427 g/mol. The zero-order chi connectivity index (χ0) is 23.0. The molecular formula is C21H30BN5O4. The highest BCUT2D eigenvalue weighted by molar-refractivity contribution is 6.31. The second kappa shape index (κ2) is 8.40. The van der Waals surface area contributed by atoms with Crippen LogP contribution in [0.2, 0.25) is 0 Å². The Morgan fingerprint density at radius 3 is 2.68 bits per heavy atom. The van der Waals surface area contributed by atoms with E-state index in [0.717, 1.165) is 0 Å². The molecule has 0 spiro atoms. The molecule has 0 aromatic carbocycles. The van der Waals surface area contributed by atoms with Crippen molar-refractivity contribution in [2.75, 3.05) is 25.0 Å². The number of nitrogens with one attached hydrogen (secondary N) is 1. The van der Waals surface area contributed by atoms with Gasteiger partial charge in [-0.1, -0.05) is 13.8 Å². The molecule has 1 aliphatic heterocycles. The van der Waals surface area contributed by atoms with E-state index >= 15 is 0 Å².